The summed E-state index contributed by atoms with van der Waals surface area (Å²) in [5.74, 6) is 2.08. The van der Waals surface area contributed by atoms with E-state index in [-0.39, 0.29) is 25.0 Å². The molecule has 2 atom stereocenters. The van der Waals surface area contributed by atoms with Crippen molar-refractivity contribution in [3.63, 3.8) is 0 Å². The molecule has 0 unspecified atom stereocenters. The zero-order chi connectivity index (χ0) is 17.4. The van der Waals surface area contributed by atoms with E-state index in [9.17, 15) is 9.90 Å². The first-order valence-corrected chi connectivity index (χ1v) is 8.35. The van der Waals surface area contributed by atoms with Gasteiger partial charge in [0.2, 0.25) is 12.7 Å². The second kappa shape index (κ2) is 6.40. The number of nitrogens with zero attached hydrogens (tertiary/aromatic N) is 2. The van der Waals surface area contributed by atoms with Crippen LogP contribution in [-0.2, 0) is 17.6 Å². The van der Waals surface area contributed by atoms with Crippen LogP contribution in [-0.4, -0.2) is 47.1 Å². The number of ether oxygens (including phenoxy) is 2. The summed E-state index contributed by atoms with van der Waals surface area (Å²) in [6, 6.07) is 7.39. The Balaban J connectivity index is 1.38. The minimum atomic E-state index is -0.550. The summed E-state index contributed by atoms with van der Waals surface area (Å²) < 4.78 is 15.8. The predicted octanol–water partition coefficient (Wildman–Crippen LogP) is 1.32. The molecule has 0 saturated carbocycles. The highest BCUT2D eigenvalue weighted by molar-refractivity contribution is 5.79. The summed E-state index contributed by atoms with van der Waals surface area (Å²) in [6.07, 6.45) is 0.305. The van der Waals surface area contributed by atoms with Crippen LogP contribution in [0, 0.1) is 12.8 Å². The third-order valence-electron chi connectivity index (χ3n) is 4.69. The van der Waals surface area contributed by atoms with Crippen molar-refractivity contribution >= 4 is 5.91 Å². The molecular formula is C18H20N2O5. The topological polar surface area (TPSA) is 85.0 Å². The van der Waals surface area contributed by atoms with E-state index < -0.39 is 6.10 Å². The lowest BCUT2D eigenvalue weighted by Crippen LogP contribution is -2.31. The molecular weight excluding hydrogens is 324 g/mol. The van der Waals surface area contributed by atoms with Crippen molar-refractivity contribution in [2.75, 3.05) is 19.9 Å². The van der Waals surface area contributed by atoms with Crippen molar-refractivity contribution in [3.05, 3.63) is 41.3 Å². The molecule has 132 valence electrons. The number of aryl methyl sites for hydroxylation is 1. The second-order valence-corrected chi connectivity index (χ2v) is 6.63. The quantitative estimate of drug-likeness (QED) is 0.900. The lowest BCUT2D eigenvalue weighted by atomic mass is 10.0. The minimum Gasteiger partial charge on any atom is -0.454 e. The number of fused-ring (bicyclic) bond motifs is 1. The number of benzene rings is 1. The molecule has 1 saturated heterocycles. The molecule has 2 aliphatic rings. The van der Waals surface area contributed by atoms with Crippen LogP contribution in [0.25, 0.3) is 0 Å². The lowest BCUT2D eigenvalue weighted by Gasteiger charge is -2.16. The fraction of sp³-hybridized carbons (Fsp3) is 0.444. The summed E-state index contributed by atoms with van der Waals surface area (Å²) in [5, 5.41) is 14.1. The van der Waals surface area contributed by atoms with Crippen molar-refractivity contribution < 1.29 is 23.9 Å². The van der Waals surface area contributed by atoms with Gasteiger partial charge in [0, 0.05) is 31.5 Å². The van der Waals surface area contributed by atoms with Gasteiger partial charge in [-0.3, -0.25) is 4.79 Å². The fourth-order valence-electron chi connectivity index (χ4n) is 3.37. The van der Waals surface area contributed by atoms with Gasteiger partial charge < -0.3 is 24.0 Å². The average Bonchev–Trinajstić information content (AvgIpc) is 3.29. The summed E-state index contributed by atoms with van der Waals surface area (Å²) in [5.41, 5.74) is 1.69. The van der Waals surface area contributed by atoms with E-state index in [1.807, 2.05) is 31.2 Å². The van der Waals surface area contributed by atoms with Crippen LogP contribution in [0.3, 0.4) is 0 Å². The molecule has 7 heteroatoms. The van der Waals surface area contributed by atoms with Gasteiger partial charge in [-0.05, 0) is 24.6 Å². The van der Waals surface area contributed by atoms with E-state index in [2.05, 4.69) is 5.16 Å². The summed E-state index contributed by atoms with van der Waals surface area (Å²) in [7, 11) is 0. The molecule has 1 aromatic carbocycles. The molecule has 2 aromatic rings. The average molecular weight is 344 g/mol. The van der Waals surface area contributed by atoms with Gasteiger partial charge in [0.25, 0.3) is 0 Å². The molecule has 0 spiro atoms. The number of hydrogen-bond acceptors (Lipinski definition) is 6. The zero-order valence-corrected chi connectivity index (χ0v) is 14.0. The highest BCUT2D eigenvalue weighted by atomic mass is 16.7. The van der Waals surface area contributed by atoms with Crippen LogP contribution in [0.1, 0.15) is 17.0 Å². The number of hydrogen-bond donors (Lipinski definition) is 1. The zero-order valence-electron chi connectivity index (χ0n) is 14.0. The third-order valence-corrected chi connectivity index (χ3v) is 4.69. The number of amides is 1. The van der Waals surface area contributed by atoms with Crippen molar-refractivity contribution in [2.24, 2.45) is 5.92 Å². The normalized spacial score (nSPS) is 21.8. The number of aromatic nitrogens is 1. The Morgan fingerprint density at radius 1 is 1.28 bits per heavy atom. The van der Waals surface area contributed by atoms with Gasteiger partial charge in [-0.2, -0.15) is 0 Å². The molecule has 1 amide bonds. The molecule has 3 heterocycles. The number of aliphatic hydroxyl groups is 1. The molecule has 1 N–H and O–H groups in total. The first-order valence-electron chi connectivity index (χ1n) is 8.35. The van der Waals surface area contributed by atoms with Gasteiger partial charge in [-0.1, -0.05) is 11.2 Å². The maximum atomic E-state index is 12.6. The molecule has 0 radical (unpaired) electrons. The molecule has 2 aliphatic heterocycles. The number of likely N-dealkylation sites (tertiary alicyclic amines) is 1. The Morgan fingerprint density at radius 2 is 2.12 bits per heavy atom. The smallest absolute Gasteiger partial charge is 0.231 e. The van der Waals surface area contributed by atoms with Crippen LogP contribution in [0.15, 0.2) is 28.8 Å². The lowest BCUT2D eigenvalue weighted by molar-refractivity contribution is -0.129. The summed E-state index contributed by atoms with van der Waals surface area (Å²) >= 11 is 0. The van der Waals surface area contributed by atoms with Crippen LogP contribution in [0.5, 0.6) is 11.5 Å². The van der Waals surface area contributed by atoms with Crippen LogP contribution in [0.4, 0.5) is 0 Å². The van der Waals surface area contributed by atoms with Gasteiger partial charge in [-0.25, -0.2) is 0 Å². The highest BCUT2D eigenvalue weighted by Crippen LogP contribution is 2.33. The number of β-amino-alcohol motifs (C(OH)–C–C–N with tert-alkyl or cyclic N) is 1. The highest BCUT2D eigenvalue weighted by Gasteiger charge is 2.34. The Kier molecular flexibility index (Phi) is 4.09. The molecule has 0 aliphatic carbocycles. The maximum Gasteiger partial charge on any atom is 0.231 e. The van der Waals surface area contributed by atoms with Crippen LogP contribution < -0.4 is 9.47 Å². The molecule has 25 heavy (non-hydrogen) atoms. The number of rotatable bonds is 4. The monoisotopic (exact) mass is 344 g/mol. The molecule has 0 bridgehead atoms. The Bertz CT molecular complexity index is 788. The predicted molar refractivity (Wildman–Crippen MR) is 87.3 cm³/mol. The minimum absolute atomic E-state index is 0.00540. The van der Waals surface area contributed by atoms with Gasteiger partial charge in [-0.15, -0.1) is 0 Å². The van der Waals surface area contributed by atoms with E-state index in [4.69, 9.17) is 14.0 Å². The van der Waals surface area contributed by atoms with E-state index in [0.717, 1.165) is 17.0 Å². The fourth-order valence-corrected chi connectivity index (χ4v) is 3.37. The van der Waals surface area contributed by atoms with E-state index >= 15 is 0 Å². The number of carbonyl (C=O) groups is 1. The van der Waals surface area contributed by atoms with Crippen LogP contribution >= 0.6 is 0 Å². The first kappa shape index (κ1) is 16.0. The Morgan fingerprint density at radius 3 is 2.92 bits per heavy atom. The van der Waals surface area contributed by atoms with E-state index in [0.29, 0.717) is 31.0 Å². The molecule has 1 fully saturated rings. The van der Waals surface area contributed by atoms with Crippen molar-refractivity contribution in [1.29, 1.82) is 0 Å². The Labute approximate surface area is 145 Å². The third kappa shape index (κ3) is 3.32. The van der Waals surface area contributed by atoms with Crippen molar-refractivity contribution in [2.45, 2.75) is 25.9 Å². The van der Waals surface area contributed by atoms with Gasteiger partial charge >= 0.3 is 0 Å². The van der Waals surface area contributed by atoms with Gasteiger partial charge in [0.15, 0.2) is 11.5 Å². The first-order chi connectivity index (χ1) is 12.1. The largest absolute Gasteiger partial charge is 0.454 e. The van der Waals surface area contributed by atoms with Crippen molar-refractivity contribution in [3.8, 4) is 11.5 Å². The van der Waals surface area contributed by atoms with Crippen LogP contribution in [0.2, 0.25) is 0 Å². The number of aliphatic hydroxyl groups excluding tert-OH is 1. The number of carbonyl (C=O) groups excluding carboxylic acids is 1. The summed E-state index contributed by atoms with van der Waals surface area (Å²) in [6.45, 7) is 2.94. The van der Waals surface area contributed by atoms with Gasteiger partial charge in [0.05, 0.1) is 18.2 Å². The molecule has 1 aromatic heterocycles. The van der Waals surface area contributed by atoms with E-state index in [1.54, 1.807) is 4.90 Å². The molecule has 7 nitrogen and oxygen atoms in total. The standard InChI is InChI=1S/C18H20N2O5/c1-11-4-14(25-19-11)7-13-8-20(9-15(13)21)18(22)6-12-2-3-16-17(5-12)24-10-23-16/h2-5,13,15,21H,6-10H2,1H3/t13-,15-/m1/s1. The van der Waals surface area contributed by atoms with Gasteiger partial charge in [0.1, 0.15) is 5.76 Å². The SMILES string of the molecule is Cc1cc(C[C@@H]2CN(C(=O)Cc3ccc4c(c3)OCO4)C[C@H]2O)on1. The second-order valence-electron chi connectivity index (χ2n) is 6.63. The maximum absolute atomic E-state index is 12.6. The molecule has 4 rings (SSSR count). The van der Waals surface area contributed by atoms with Crippen molar-refractivity contribution in [1.82, 2.24) is 10.1 Å². The summed E-state index contributed by atoms with van der Waals surface area (Å²) in [4.78, 5) is 14.3. The Hall–Kier alpha value is -2.54. The van der Waals surface area contributed by atoms with E-state index in [1.165, 1.54) is 0 Å².